The van der Waals surface area contributed by atoms with Crippen molar-refractivity contribution in [1.29, 1.82) is 0 Å². The van der Waals surface area contributed by atoms with Gasteiger partial charge in [0.15, 0.2) is 0 Å². The smallest absolute Gasteiger partial charge is 0.267 e. The number of aromatic nitrogens is 1. The van der Waals surface area contributed by atoms with Crippen LogP contribution in [0.15, 0.2) is 30.3 Å². The van der Waals surface area contributed by atoms with Crippen molar-refractivity contribution < 1.29 is 4.79 Å². The molecule has 4 rings (SSSR count). The molecule has 22 heavy (non-hydrogen) atoms. The number of hydrogen-bond donors (Lipinski definition) is 2. The zero-order valence-corrected chi connectivity index (χ0v) is 13.6. The van der Waals surface area contributed by atoms with Crippen LogP contribution in [-0.4, -0.2) is 16.9 Å². The van der Waals surface area contributed by atoms with Crippen molar-refractivity contribution in [3.63, 3.8) is 0 Å². The first-order valence-corrected chi connectivity index (χ1v) is 8.30. The van der Waals surface area contributed by atoms with E-state index in [0.717, 1.165) is 23.2 Å². The van der Waals surface area contributed by atoms with Gasteiger partial charge in [-0.05, 0) is 48.1 Å². The van der Waals surface area contributed by atoms with Crippen molar-refractivity contribution in [3.8, 4) is 0 Å². The van der Waals surface area contributed by atoms with E-state index in [1.165, 1.54) is 12.8 Å². The summed E-state index contributed by atoms with van der Waals surface area (Å²) in [5.74, 6) is 0.774. The largest absolute Gasteiger partial charge is 0.351 e. The summed E-state index contributed by atoms with van der Waals surface area (Å²) in [7, 11) is 0. The Morgan fingerprint density at radius 3 is 2.68 bits per heavy atom. The molecule has 2 fully saturated rings. The van der Waals surface area contributed by atoms with Crippen molar-refractivity contribution in [1.82, 2.24) is 10.3 Å². The lowest BCUT2D eigenvalue weighted by molar-refractivity contribution is 0.0822. The molecule has 0 aliphatic heterocycles. The van der Waals surface area contributed by atoms with Gasteiger partial charge >= 0.3 is 0 Å². The van der Waals surface area contributed by atoms with Gasteiger partial charge in [0.1, 0.15) is 5.69 Å². The van der Waals surface area contributed by atoms with Crippen LogP contribution in [0.25, 0.3) is 10.9 Å². The monoisotopic (exact) mass is 296 g/mol. The van der Waals surface area contributed by atoms with Gasteiger partial charge in [-0.15, -0.1) is 0 Å². The zero-order chi connectivity index (χ0) is 15.5. The van der Waals surface area contributed by atoms with Crippen LogP contribution < -0.4 is 5.32 Å². The van der Waals surface area contributed by atoms with Crippen LogP contribution >= 0.6 is 0 Å². The number of carbonyl (C=O) groups is 1. The van der Waals surface area contributed by atoms with E-state index in [4.69, 9.17) is 0 Å². The molecule has 2 aliphatic carbocycles. The van der Waals surface area contributed by atoms with E-state index < -0.39 is 0 Å². The Labute approximate surface area is 131 Å². The molecule has 2 N–H and O–H groups in total. The number of nitrogens with one attached hydrogen (secondary N) is 2. The molecular weight excluding hydrogens is 272 g/mol. The lowest BCUT2D eigenvalue weighted by Crippen LogP contribution is -2.46. The number of carbonyl (C=O) groups excluding carboxylic acids is 1. The molecule has 1 aromatic carbocycles. The maximum absolute atomic E-state index is 12.7. The standard InChI is InChI=1S/C19H24N2O/c1-18(2)13-8-9-19(18,3)16(11-13)21-17(22)15-10-12-6-4-5-7-14(12)20-15/h4-7,10,13,16,20H,8-9,11H2,1-3H3,(H,21,22). The quantitative estimate of drug-likeness (QED) is 0.860. The van der Waals surface area contributed by atoms with Crippen LogP contribution in [0.4, 0.5) is 0 Å². The maximum atomic E-state index is 12.7. The molecule has 3 heteroatoms. The van der Waals surface area contributed by atoms with Gasteiger partial charge in [0.2, 0.25) is 0 Å². The summed E-state index contributed by atoms with van der Waals surface area (Å²) < 4.78 is 0. The second-order valence-corrected chi connectivity index (χ2v) is 7.91. The molecule has 3 nitrogen and oxygen atoms in total. The minimum atomic E-state index is 0.0331. The van der Waals surface area contributed by atoms with Crippen LogP contribution in [-0.2, 0) is 0 Å². The van der Waals surface area contributed by atoms with Crippen LogP contribution in [0.1, 0.15) is 50.5 Å². The highest BCUT2D eigenvalue weighted by Gasteiger charge is 2.61. The molecule has 116 valence electrons. The van der Waals surface area contributed by atoms with Gasteiger partial charge in [0, 0.05) is 16.9 Å². The number of hydrogen-bond acceptors (Lipinski definition) is 1. The number of aromatic amines is 1. The van der Waals surface area contributed by atoms with Gasteiger partial charge in [-0.25, -0.2) is 0 Å². The topological polar surface area (TPSA) is 44.9 Å². The first-order chi connectivity index (χ1) is 10.4. The molecule has 1 heterocycles. The van der Waals surface area contributed by atoms with Gasteiger partial charge in [-0.1, -0.05) is 39.0 Å². The third-order valence-corrected chi connectivity index (χ3v) is 6.87. The van der Waals surface area contributed by atoms with Gasteiger partial charge in [-0.3, -0.25) is 4.79 Å². The molecule has 2 bridgehead atoms. The predicted molar refractivity (Wildman–Crippen MR) is 88.8 cm³/mol. The van der Waals surface area contributed by atoms with E-state index in [1.54, 1.807) is 0 Å². The Kier molecular flexibility index (Phi) is 2.76. The molecule has 3 unspecified atom stereocenters. The minimum Gasteiger partial charge on any atom is -0.351 e. The van der Waals surface area contributed by atoms with Crippen molar-refractivity contribution in [2.75, 3.05) is 0 Å². The number of benzene rings is 1. The summed E-state index contributed by atoms with van der Waals surface area (Å²) in [6.07, 6.45) is 3.65. The zero-order valence-electron chi connectivity index (χ0n) is 13.6. The lowest BCUT2D eigenvalue weighted by Gasteiger charge is -2.39. The van der Waals surface area contributed by atoms with E-state index in [-0.39, 0.29) is 11.3 Å². The summed E-state index contributed by atoms with van der Waals surface area (Å²) in [6, 6.07) is 10.3. The molecule has 0 radical (unpaired) electrons. The lowest BCUT2D eigenvalue weighted by atomic mass is 9.69. The summed E-state index contributed by atoms with van der Waals surface area (Å²) in [5.41, 5.74) is 2.24. The van der Waals surface area contributed by atoms with Crippen molar-refractivity contribution >= 4 is 16.8 Å². The van der Waals surface area contributed by atoms with E-state index in [9.17, 15) is 4.79 Å². The molecule has 1 amide bonds. The number of H-pyrrole nitrogens is 1. The molecule has 0 saturated heterocycles. The van der Waals surface area contributed by atoms with E-state index in [1.807, 2.05) is 30.3 Å². The number of rotatable bonds is 2. The Bertz CT molecular complexity index is 712. The predicted octanol–water partition coefficient (Wildman–Crippen LogP) is 4.11. The molecule has 2 aliphatic rings. The molecular formula is C19H24N2O. The highest BCUT2D eigenvalue weighted by Crippen LogP contribution is 2.65. The van der Waals surface area contributed by atoms with Crippen LogP contribution in [0.5, 0.6) is 0 Å². The fraction of sp³-hybridized carbons (Fsp3) is 0.526. The van der Waals surface area contributed by atoms with E-state index in [0.29, 0.717) is 17.2 Å². The van der Waals surface area contributed by atoms with Gasteiger partial charge in [-0.2, -0.15) is 0 Å². The number of fused-ring (bicyclic) bond motifs is 3. The average molecular weight is 296 g/mol. The molecule has 0 spiro atoms. The Balaban J connectivity index is 1.58. The van der Waals surface area contributed by atoms with Crippen LogP contribution in [0.2, 0.25) is 0 Å². The van der Waals surface area contributed by atoms with Gasteiger partial charge in [0.25, 0.3) is 5.91 Å². The number of amides is 1. The fourth-order valence-electron chi connectivity index (χ4n) is 4.85. The molecule has 3 atom stereocenters. The first kappa shape index (κ1) is 13.9. The van der Waals surface area contributed by atoms with Crippen LogP contribution in [0.3, 0.4) is 0 Å². The summed E-state index contributed by atoms with van der Waals surface area (Å²) in [6.45, 7) is 7.11. The van der Waals surface area contributed by atoms with Crippen molar-refractivity contribution in [3.05, 3.63) is 36.0 Å². The molecule has 1 aromatic heterocycles. The summed E-state index contributed by atoms with van der Waals surface area (Å²) in [4.78, 5) is 15.9. The SMILES string of the molecule is CC1(C)C2CCC1(C)C(NC(=O)c1cc3ccccc3[nH]1)C2. The van der Waals surface area contributed by atoms with Gasteiger partial charge < -0.3 is 10.3 Å². The second-order valence-electron chi connectivity index (χ2n) is 7.91. The third-order valence-electron chi connectivity index (χ3n) is 6.87. The Morgan fingerprint density at radius 2 is 2.05 bits per heavy atom. The second kappa shape index (κ2) is 4.37. The highest BCUT2D eigenvalue weighted by atomic mass is 16.2. The minimum absolute atomic E-state index is 0.0331. The summed E-state index contributed by atoms with van der Waals surface area (Å²) in [5, 5.41) is 4.40. The first-order valence-electron chi connectivity index (χ1n) is 8.30. The Hall–Kier alpha value is -1.77. The van der Waals surface area contributed by atoms with Crippen molar-refractivity contribution in [2.45, 2.75) is 46.1 Å². The fourth-order valence-corrected chi connectivity index (χ4v) is 4.85. The molecule has 2 saturated carbocycles. The highest BCUT2D eigenvalue weighted by molar-refractivity contribution is 5.98. The average Bonchev–Trinajstić information content (AvgIpc) is 3.06. The normalized spacial score (nSPS) is 32.5. The Morgan fingerprint density at radius 1 is 1.27 bits per heavy atom. The molecule has 2 aromatic rings. The van der Waals surface area contributed by atoms with E-state index in [2.05, 4.69) is 31.1 Å². The van der Waals surface area contributed by atoms with Crippen molar-refractivity contribution in [2.24, 2.45) is 16.7 Å². The number of para-hydroxylation sites is 1. The van der Waals surface area contributed by atoms with Crippen LogP contribution in [0, 0.1) is 16.7 Å². The third kappa shape index (κ3) is 1.71. The van der Waals surface area contributed by atoms with Gasteiger partial charge in [0.05, 0.1) is 0 Å². The summed E-state index contributed by atoms with van der Waals surface area (Å²) >= 11 is 0. The maximum Gasteiger partial charge on any atom is 0.267 e. The van der Waals surface area contributed by atoms with E-state index >= 15 is 0 Å².